The minimum Gasteiger partial charge on any atom is -0.497 e. The highest BCUT2D eigenvalue weighted by Crippen LogP contribution is 2.34. The minimum absolute atomic E-state index is 0.288. The predicted molar refractivity (Wildman–Crippen MR) is 221 cm³/mol. The Bertz CT molecular complexity index is 2270. The number of aryl methyl sites for hydroxylation is 2. The van der Waals surface area contributed by atoms with Crippen LogP contribution in [0.1, 0.15) is 56.1 Å². The molecule has 0 aliphatic carbocycles. The van der Waals surface area contributed by atoms with E-state index in [-0.39, 0.29) is 11.6 Å². The van der Waals surface area contributed by atoms with Gasteiger partial charge >= 0.3 is 6.36 Å². The molecule has 0 spiro atoms. The number of halogens is 5. The summed E-state index contributed by atoms with van der Waals surface area (Å²) in [5.74, 6) is 0.807. The van der Waals surface area contributed by atoms with E-state index in [1.54, 1.807) is 43.5 Å². The molecule has 0 fully saturated rings. The predicted octanol–water partition coefficient (Wildman–Crippen LogP) is 14.3. The Morgan fingerprint density at radius 1 is 0.414 bits per heavy atom. The van der Waals surface area contributed by atoms with Crippen molar-refractivity contribution in [2.45, 2.75) is 65.2 Å². The third-order valence-corrected chi connectivity index (χ3v) is 10.1. The topological polar surface area (TPSA) is 36.9 Å². The monoisotopic (exact) mass is 794 g/mol. The Morgan fingerprint density at radius 2 is 0.776 bits per heavy atom. The fraction of sp³-hybridized carbons (Fsp3) is 0.265. The Balaban J connectivity index is 0.854. The number of hydrogen-bond donors (Lipinski definition) is 0. The summed E-state index contributed by atoms with van der Waals surface area (Å²) in [5.41, 5.74) is 8.13. The van der Waals surface area contributed by atoms with E-state index in [0.29, 0.717) is 41.4 Å². The third kappa shape index (κ3) is 11.4. The fourth-order valence-electron chi connectivity index (χ4n) is 7.02. The van der Waals surface area contributed by atoms with Crippen LogP contribution in [0.25, 0.3) is 44.5 Å². The van der Waals surface area contributed by atoms with E-state index in [4.69, 9.17) is 14.2 Å². The quantitative estimate of drug-likeness (QED) is 0.0641. The molecule has 6 aromatic carbocycles. The van der Waals surface area contributed by atoms with Gasteiger partial charge < -0.3 is 18.9 Å². The molecule has 0 amide bonds. The molecule has 6 rings (SSSR count). The first-order valence-corrected chi connectivity index (χ1v) is 19.5. The molecule has 6 aromatic rings. The maximum absolute atomic E-state index is 15.1. The zero-order chi connectivity index (χ0) is 41.1. The molecule has 0 aliphatic rings. The zero-order valence-corrected chi connectivity index (χ0v) is 32.9. The molecule has 4 nitrogen and oxygen atoms in total. The van der Waals surface area contributed by atoms with E-state index in [0.717, 1.165) is 89.6 Å². The van der Waals surface area contributed by atoms with E-state index < -0.39 is 12.2 Å². The molecule has 9 heteroatoms. The van der Waals surface area contributed by atoms with Crippen LogP contribution in [-0.4, -0.2) is 26.7 Å². The van der Waals surface area contributed by atoms with Gasteiger partial charge in [-0.2, -0.15) is 0 Å². The van der Waals surface area contributed by atoms with E-state index in [9.17, 15) is 13.2 Å². The molecule has 0 aromatic heterocycles. The highest BCUT2D eigenvalue weighted by Gasteiger charge is 2.31. The summed E-state index contributed by atoms with van der Waals surface area (Å²) in [6.45, 7) is 4.93. The largest absolute Gasteiger partial charge is 0.573 e. The van der Waals surface area contributed by atoms with Gasteiger partial charge in [0, 0.05) is 23.3 Å². The van der Waals surface area contributed by atoms with Crippen LogP contribution in [0.5, 0.6) is 23.0 Å². The summed E-state index contributed by atoms with van der Waals surface area (Å²) in [6.07, 6.45) is 2.30. The number of alkyl halides is 3. The summed E-state index contributed by atoms with van der Waals surface area (Å²) in [6, 6.07) is 34.9. The first-order chi connectivity index (χ1) is 28.0. The molecular formula is C49H47F5O4. The van der Waals surface area contributed by atoms with Crippen LogP contribution < -0.4 is 18.9 Å². The van der Waals surface area contributed by atoms with Crippen molar-refractivity contribution in [3.8, 4) is 67.5 Å². The number of methoxy groups -OCH3 is 1. The second-order valence-electron chi connectivity index (χ2n) is 14.3. The molecule has 0 unspecified atom stereocenters. The summed E-state index contributed by atoms with van der Waals surface area (Å²) in [7, 11) is 1.64. The van der Waals surface area contributed by atoms with E-state index in [1.165, 1.54) is 24.3 Å². The van der Waals surface area contributed by atoms with Gasteiger partial charge in [-0.05, 0) is 120 Å². The van der Waals surface area contributed by atoms with Gasteiger partial charge in [0.2, 0.25) is 0 Å². The van der Waals surface area contributed by atoms with Crippen molar-refractivity contribution in [1.29, 1.82) is 0 Å². The zero-order valence-electron chi connectivity index (χ0n) is 32.9. The number of benzene rings is 6. The second kappa shape index (κ2) is 19.5. The summed E-state index contributed by atoms with van der Waals surface area (Å²) < 4.78 is 88.7. The lowest BCUT2D eigenvalue weighted by atomic mass is 9.95. The molecule has 0 aliphatic heterocycles. The molecule has 0 saturated carbocycles. The Kier molecular flexibility index (Phi) is 14.1. The van der Waals surface area contributed by atoms with Crippen LogP contribution >= 0.6 is 0 Å². The van der Waals surface area contributed by atoms with Crippen LogP contribution in [0.2, 0.25) is 0 Å². The van der Waals surface area contributed by atoms with Crippen molar-refractivity contribution in [3.63, 3.8) is 0 Å². The van der Waals surface area contributed by atoms with Gasteiger partial charge in [-0.3, -0.25) is 0 Å². The number of ether oxygens (including phenoxy) is 4. The molecule has 0 N–H and O–H groups in total. The smallest absolute Gasteiger partial charge is 0.497 e. The summed E-state index contributed by atoms with van der Waals surface area (Å²) in [5, 5.41) is 0. The van der Waals surface area contributed by atoms with Gasteiger partial charge in [-0.25, -0.2) is 8.78 Å². The summed E-state index contributed by atoms with van der Waals surface area (Å²) >= 11 is 0. The van der Waals surface area contributed by atoms with Gasteiger partial charge in [0.25, 0.3) is 0 Å². The minimum atomic E-state index is -4.75. The number of unbranched alkanes of at least 4 members (excludes halogenated alkanes) is 6. The molecule has 0 bridgehead atoms. The SMILES string of the molecule is COc1ccc(-c2ccc(-c3ccc(OCCCCCCCCCOc4ccc(-c5ccc(-c6ccc(OC(F)(F)F)cc6)c(C)c5)c(F)c4)cc3F)cc2C)cc1. The van der Waals surface area contributed by atoms with Crippen molar-refractivity contribution in [2.24, 2.45) is 0 Å². The van der Waals surface area contributed by atoms with Crippen molar-refractivity contribution < 1.29 is 40.9 Å². The van der Waals surface area contributed by atoms with Crippen LogP contribution in [0.4, 0.5) is 22.0 Å². The Labute approximate surface area is 337 Å². The van der Waals surface area contributed by atoms with E-state index in [2.05, 4.69) is 4.74 Å². The molecule has 0 saturated heterocycles. The maximum Gasteiger partial charge on any atom is 0.573 e. The fourth-order valence-corrected chi connectivity index (χ4v) is 7.02. The van der Waals surface area contributed by atoms with Crippen LogP contribution in [-0.2, 0) is 0 Å². The molecule has 0 radical (unpaired) electrons. The van der Waals surface area contributed by atoms with Crippen LogP contribution in [0.15, 0.2) is 121 Å². The number of hydrogen-bond acceptors (Lipinski definition) is 4. The van der Waals surface area contributed by atoms with Gasteiger partial charge in [0.05, 0.1) is 20.3 Å². The van der Waals surface area contributed by atoms with E-state index in [1.807, 2.05) is 74.5 Å². The van der Waals surface area contributed by atoms with Crippen LogP contribution in [0, 0.1) is 25.5 Å². The lowest BCUT2D eigenvalue weighted by Crippen LogP contribution is -2.16. The molecule has 0 heterocycles. The lowest BCUT2D eigenvalue weighted by Gasteiger charge is -2.13. The van der Waals surface area contributed by atoms with Crippen molar-refractivity contribution in [3.05, 3.63) is 144 Å². The molecule has 302 valence electrons. The highest BCUT2D eigenvalue weighted by atomic mass is 19.4. The Morgan fingerprint density at radius 3 is 1.16 bits per heavy atom. The average Bonchev–Trinajstić information content (AvgIpc) is 3.20. The van der Waals surface area contributed by atoms with Crippen LogP contribution in [0.3, 0.4) is 0 Å². The standard InChI is InChI=1S/C49H47F5O4/c1-33-29-37(15-23-43(33)35-11-17-39(55-3)18-12-35)45-25-21-41(31-47(45)50)56-27-9-7-5-4-6-8-10-28-57-42-22-26-46(48(51)32-42)38-16-24-44(34(2)30-38)36-13-19-40(20-14-36)58-49(52,53)54/h11-26,29-32H,4-10,27-28H2,1-3H3. The van der Waals surface area contributed by atoms with Crippen molar-refractivity contribution >= 4 is 0 Å². The number of rotatable bonds is 18. The third-order valence-electron chi connectivity index (χ3n) is 10.1. The molecule has 58 heavy (non-hydrogen) atoms. The van der Waals surface area contributed by atoms with Gasteiger partial charge in [-0.15, -0.1) is 13.2 Å². The highest BCUT2D eigenvalue weighted by molar-refractivity contribution is 5.75. The van der Waals surface area contributed by atoms with Gasteiger partial charge in [0.1, 0.15) is 34.6 Å². The van der Waals surface area contributed by atoms with Gasteiger partial charge in [0.15, 0.2) is 0 Å². The first-order valence-electron chi connectivity index (χ1n) is 19.5. The lowest BCUT2D eigenvalue weighted by molar-refractivity contribution is -0.274. The Hall–Kier alpha value is -5.83. The maximum atomic E-state index is 15.1. The van der Waals surface area contributed by atoms with E-state index >= 15 is 8.78 Å². The average molecular weight is 795 g/mol. The second-order valence-corrected chi connectivity index (χ2v) is 14.3. The first kappa shape index (κ1) is 41.8. The normalized spacial score (nSPS) is 11.4. The van der Waals surface area contributed by atoms with Crippen molar-refractivity contribution in [1.82, 2.24) is 0 Å². The van der Waals surface area contributed by atoms with Gasteiger partial charge in [-0.1, -0.05) is 92.8 Å². The molecule has 0 atom stereocenters. The molecular weight excluding hydrogens is 748 g/mol. The summed E-state index contributed by atoms with van der Waals surface area (Å²) in [4.78, 5) is 0. The van der Waals surface area contributed by atoms with Crippen molar-refractivity contribution in [2.75, 3.05) is 20.3 Å².